The number of thiocarbonyl (C=S) groups is 1. The van der Waals surface area contributed by atoms with Gasteiger partial charge in [-0.2, -0.15) is 0 Å². The predicted molar refractivity (Wildman–Crippen MR) is 82.4 cm³/mol. The molecule has 0 bridgehead atoms. The van der Waals surface area contributed by atoms with Crippen LogP contribution in [0.25, 0.3) is 0 Å². The average Bonchev–Trinajstić information content (AvgIpc) is 2.81. The summed E-state index contributed by atoms with van der Waals surface area (Å²) < 4.78 is 0. The van der Waals surface area contributed by atoms with Gasteiger partial charge in [0.25, 0.3) is 0 Å². The van der Waals surface area contributed by atoms with Crippen molar-refractivity contribution < 1.29 is 0 Å². The molecule has 1 fully saturated rings. The van der Waals surface area contributed by atoms with Gasteiger partial charge >= 0.3 is 0 Å². The molecule has 1 saturated carbocycles. The molecule has 0 atom stereocenters. The highest BCUT2D eigenvalue weighted by Crippen LogP contribution is 2.27. The van der Waals surface area contributed by atoms with E-state index in [1.807, 2.05) is 18.2 Å². The summed E-state index contributed by atoms with van der Waals surface area (Å²) in [6.45, 7) is 1.01. The van der Waals surface area contributed by atoms with Gasteiger partial charge in [0.2, 0.25) is 0 Å². The minimum Gasteiger partial charge on any atom is -0.389 e. The molecule has 0 spiro atoms. The van der Waals surface area contributed by atoms with E-state index in [0.717, 1.165) is 23.7 Å². The Labute approximate surface area is 119 Å². The van der Waals surface area contributed by atoms with Gasteiger partial charge in [0.05, 0.1) is 5.02 Å². The smallest absolute Gasteiger partial charge is 0.105 e. The van der Waals surface area contributed by atoms with Gasteiger partial charge in [0.15, 0.2) is 0 Å². The van der Waals surface area contributed by atoms with Crippen molar-refractivity contribution >= 4 is 34.5 Å². The molecule has 0 unspecified atom stereocenters. The maximum absolute atomic E-state index is 6.12. The van der Waals surface area contributed by atoms with E-state index >= 15 is 0 Å². The molecule has 1 aliphatic carbocycles. The van der Waals surface area contributed by atoms with Crippen molar-refractivity contribution in [2.75, 3.05) is 11.9 Å². The SMILES string of the molecule is NC(=S)c1ccc(NCCC2CCCC2)cc1Cl. The molecule has 98 valence electrons. The molecular formula is C14H19ClN2S. The molecule has 0 aliphatic heterocycles. The first-order valence-electron chi connectivity index (χ1n) is 6.50. The van der Waals surface area contributed by atoms with Crippen LogP contribution in [0.5, 0.6) is 0 Å². The number of nitrogens with one attached hydrogen (secondary N) is 1. The number of nitrogens with two attached hydrogens (primary N) is 1. The fraction of sp³-hybridized carbons (Fsp3) is 0.500. The highest BCUT2D eigenvalue weighted by molar-refractivity contribution is 7.80. The highest BCUT2D eigenvalue weighted by Gasteiger charge is 2.14. The first-order valence-corrected chi connectivity index (χ1v) is 7.28. The van der Waals surface area contributed by atoms with Gasteiger partial charge in [-0.3, -0.25) is 0 Å². The molecular weight excluding hydrogens is 264 g/mol. The van der Waals surface area contributed by atoms with Crippen molar-refractivity contribution in [3.63, 3.8) is 0 Å². The Hall–Kier alpha value is -0.800. The van der Waals surface area contributed by atoms with Crippen molar-refractivity contribution in [2.45, 2.75) is 32.1 Å². The van der Waals surface area contributed by atoms with Crippen LogP contribution in [-0.4, -0.2) is 11.5 Å². The third-order valence-corrected chi connectivity index (χ3v) is 4.12. The fourth-order valence-corrected chi connectivity index (χ4v) is 3.06. The second-order valence-corrected chi connectivity index (χ2v) is 5.77. The van der Waals surface area contributed by atoms with E-state index in [-0.39, 0.29) is 0 Å². The van der Waals surface area contributed by atoms with E-state index in [2.05, 4.69) is 5.32 Å². The van der Waals surface area contributed by atoms with Gasteiger partial charge in [0, 0.05) is 17.8 Å². The zero-order valence-corrected chi connectivity index (χ0v) is 12.0. The minimum atomic E-state index is 0.345. The Morgan fingerprint density at radius 1 is 1.39 bits per heavy atom. The Kier molecular flexibility index (Phi) is 4.84. The van der Waals surface area contributed by atoms with Crippen molar-refractivity contribution in [2.24, 2.45) is 11.7 Å². The van der Waals surface area contributed by atoms with Gasteiger partial charge in [0.1, 0.15) is 4.99 Å². The monoisotopic (exact) mass is 282 g/mol. The normalized spacial score (nSPS) is 15.8. The summed E-state index contributed by atoms with van der Waals surface area (Å²) in [7, 11) is 0. The molecule has 18 heavy (non-hydrogen) atoms. The fourth-order valence-electron chi connectivity index (χ4n) is 2.54. The van der Waals surface area contributed by atoms with E-state index in [1.165, 1.54) is 32.1 Å². The van der Waals surface area contributed by atoms with E-state index in [0.29, 0.717) is 10.0 Å². The zero-order valence-electron chi connectivity index (χ0n) is 10.4. The van der Waals surface area contributed by atoms with Crippen molar-refractivity contribution in [3.8, 4) is 0 Å². The third-order valence-electron chi connectivity index (χ3n) is 3.59. The third kappa shape index (κ3) is 3.59. The number of rotatable bonds is 5. The van der Waals surface area contributed by atoms with Gasteiger partial charge in [-0.1, -0.05) is 49.5 Å². The molecule has 2 rings (SSSR count). The van der Waals surface area contributed by atoms with E-state index in [9.17, 15) is 0 Å². The van der Waals surface area contributed by atoms with Gasteiger partial charge < -0.3 is 11.1 Å². The van der Waals surface area contributed by atoms with Crippen LogP contribution in [0.2, 0.25) is 5.02 Å². The summed E-state index contributed by atoms with van der Waals surface area (Å²) in [6.07, 6.45) is 6.83. The first-order chi connectivity index (χ1) is 8.66. The van der Waals surface area contributed by atoms with Crippen LogP contribution in [0.15, 0.2) is 18.2 Å². The molecule has 0 amide bonds. The molecule has 1 aliphatic rings. The van der Waals surface area contributed by atoms with Gasteiger partial charge in [-0.25, -0.2) is 0 Å². The highest BCUT2D eigenvalue weighted by atomic mass is 35.5. The number of hydrogen-bond donors (Lipinski definition) is 2. The van der Waals surface area contributed by atoms with Crippen molar-refractivity contribution in [1.29, 1.82) is 0 Å². The van der Waals surface area contributed by atoms with Crippen LogP contribution >= 0.6 is 23.8 Å². The largest absolute Gasteiger partial charge is 0.389 e. The van der Waals surface area contributed by atoms with E-state index in [4.69, 9.17) is 29.6 Å². The number of halogens is 1. The summed E-state index contributed by atoms with van der Waals surface area (Å²) in [5.41, 5.74) is 7.36. The van der Waals surface area contributed by atoms with Crippen LogP contribution < -0.4 is 11.1 Å². The Balaban J connectivity index is 1.85. The quantitative estimate of drug-likeness (QED) is 0.803. The second-order valence-electron chi connectivity index (χ2n) is 4.92. The minimum absolute atomic E-state index is 0.345. The predicted octanol–water partition coefficient (Wildman–Crippen LogP) is 3.97. The lowest BCUT2D eigenvalue weighted by atomic mass is 10.0. The van der Waals surface area contributed by atoms with Crippen LogP contribution in [-0.2, 0) is 0 Å². The van der Waals surface area contributed by atoms with Crippen LogP contribution in [0.4, 0.5) is 5.69 Å². The molecule has 4 heteroatoms. The van der Waals surface area contributed by atoms with E-state index in [1.54, 1.807) is 0 Å². The Bertz CT molecular complexity index is 428. The summed E-state index contributed by atoms with van der Waals surface area (Å²) in [4.78, 5) is 0.345. The molecule has 0 saturated heterocycles. The summed E-state index contributed by atoms with van der Waals surface area (Å²) in [5, 5.41) is 4.03. The maximum Gasteiger partial charge on any atom is 0.105 e. The lowest BCUT2D eigenvalue weighted by Crippen LogP contribution is -2.11. The summed E-state index contributed by atoms with van der Waals surface area (Å²) in [6, 6.07) is 5.75. The molecule has 1 aromatic carbocycles. The van der Waals surface area contributed by atoms with Crippen molar-refractivity contribution in [3.05, 3.63) is 28.8 Å². The van der Waals surface area contributed by atoms with E-state index < -0.39 is 0 Å². The van der Waals surface area contributed by atoms with Crippen LogP contribution in [0.3, 0.4) is 0 Å². The van der Waals surface area contributed by atoms with Crippen LogP contribution in [0.1, 0.15) is 37.7 Å². The van der Waals surface area contributed by atoms with Crippen molar-refractivity contribution in [1.82, 2.24) is 0 Å². The standard InChI is InChI=1S/C14H19ClN2S/c15-13-9-11(5-6-12(13)14(16)18)17-8-7-10-3-1-2-4-10/h5-6,9-10,17H,1-4,7-8H2,(H2,16,18). The van der Waals surface area contributed by atoms with Gasteiger partial charge in [-0.05, 0) is 30.5 Å². The zero-order chi connectivity index (χ0) is 13.0. The average molecular weight is 283 g/mol. The molecule has 0 heterocycles. The molecule has 0 aromatic heterocycles. The lowest BCUT2D eigenvalue weighted by Gasteiger charge is -2.12. The summed E-state index contributed by atoms with van der Waals surface area (Å²) in [5.74, 6) is 0.906. The number of anilines is 1. The summed E-state index contributed by atoms with van der Waals surface area (Å²) >= 11 is 11.0. The first kappa shape index (κ1) is 13.6. The molecule has 0 radical (unpaired) electrons. The number of hydrogen-bond acceptors (Lipinski definition) is 2. The lowest BCUT2D eigenvalue weighted by molar-refractivity contribution is 0.518. The second kappa shape index (κ2) is 6.39. The molecule has 2 nitrogen and oxygen atoms in total. The Morgan fingerprint density at radius 3 is 2.72 bits per heavy atom. The maximum atomic E-state index is 6.12. The molecule has 3 N–H and O–H groups in total. The van der Waals surface area contributed by atoms with Gasteiger partial charge in [-0.15, -0.1) is 0 Å². The molecule has 1 aromatic rings. The topological polar surface area (TPSA) is 38.0 Å². The number of benzene rings is 1. The Morgan fingerprint density at radius 2 is 2.11 bits per heavy atom. The van der Waals surface area contributed by atoms with Crippen LogP contribution in [0, 0.1) is 5.92 Å².